The molecule has 0 spiro atoms. The predicted molar refractivity (Wildman–Crippen MR) is 80.2 cm³/mol. The molecule has 0 radical (unpaired) electrons. The number of imidazole rings is 1. The summed E-state index contributed by atoms with van der Waals surface area (Å²) >= 11 is 0. The van der Waals surface area contributed by atoms with Gasteiger partial charge in [-0.1, -0.05) is 6.07 Å². The number of anilines is 1. The van der Waals surface area contributed by atoms with Crippen molar-refractivity contribution in [1.82, 2.24) is 9.97 Å². The first-order valence-corrected chi connectivity index (χ1v) is 7.25. The highest BCUT2D eigenvalue weighted by Crippen LogP contribution is 2.32. The third kappa shape index (κ3) is 2.79. The number of H-pyrrole nitrogens is 1. The van der Waals surface area contributed by atoms with Crippen molar-refractivity contribution < 1.29 is 4.74 Å². The van der Waals surface area contributed by atoms with Gasteiger partial charge in [-0.3, -0.25) is 0 Å². The molecule has 1 aliphatic rings. The van der Waals surface area contributed by atoms with Gasteiger partial charge in [0.15, 0.2) is 0 Å². The molecule has 0 fully saturated rings. The van der Waals surface area contributed by atoms with Crippen LogP contribution in [0.2, 0.25) is 0 Å². The van der Waals surface area contributed by atoms with Gasteiger partial charge >= 0.3 is 0 Å². The molecule has 0 saturated heterocycles. The number of hydrogen-bond acceptors (Lipinski definition) is 3. The summed E-state index contributed by atoms with van der Waals surface area (Å²) < 4.78 is 5.81. The third-order valence-corrected chi connectivity index (χ3v) is 3.54. The minimum atomic E-state index is 0.204. The molecular formula is C16H21N3O. The fourth-order valence-corrected chi connectivity index (χ4v) is 2.71. The Kier molecular flexibility index (Phi) is 3.63. The van der Waals surface area contributed by atoms with Gasteiger partial charge in [-0.2, -0.15) is 0 Å². The van der Waals surface area contributed by atoms with E-state index in [1.807, 2.05) is 6.20 Å². The van der Waals surface area contributed by atoms with Gasteiger partial charge < -0.3 is 14.6 Å². The summed E-state index contributed by atoms with van der Waals surface area (Å²) in [6, 6.07) is 6.44. The highest BCUT2D eigenvalue weighted by Gasteiger charge is 2.18. The molecule has 20 heavy (non-hydrogen) atoms. The maximum Gasteiger partial charge on any atom is 0.125 e. The Morgan fingerprint density at radius 1 is 1.40 bits per heavy atom. The van der Waals surface area contributed by atoms with Crippen LogP contribution in [-0.4, -0.2) is 22.6 Å². The number of ether oxygens (including phenoxy) is 1. The number of fused-ring (bicyclic) bond motifs is 1. The van der Waals surface area contributed by atoms with Crippen LogP contribution in [0.15, 0.2) is 30.6 Å². The van der Waals surface area contributed by atoms with E-state index in [4.69, 9.17) is 4.74 Å². The van der Waals surface area contributed by atoms with E-state index in [2.05, 4.69) is 46.9 Å². The number of nitrogens with one attached hydrogen (secondary N) is 1. The zero-order chi connectivity index (χ0) is 13.9. The van der Waals surface area contributed by atoms with Crippen LogP contribution in [0.4, 0.5) is 5.69 Å². The van der Waals surface area contributed by atoms with Gasteiger partial charge in [-0.15, -0.1) is 0 Å². The summed E-state index contributed by atoms with van der Waals surface area (Å²) in [5.74, 6) is 1.96. The zero-order valence-corrected chi connectivity index (χ0v) is 12.1. The highest BCUT2D eigenvalue weighted by molar-refractivity contribution is 5.58. The van der Waals surface area contributed by atoms with Crippen molar-refractivity contribution in [3.05, 3.63) is 42.0 Å². The number of nitrogens with zero attached hydrogens (tertiary/aromatic N) is 2. The van der Waals surface area contributed by atoms with Crippen molar-refractivity contribution in [1.29, 1.82) is 0 Å². The Morgan fingerprint density at radius 2 is 2.30 bits per heavy atom. The van der Waals surface area contributed by atoms with Crippen molar-refractivity contribution in [2.45, 2.75) is 39.3 Å². The predicted octanol–water partition coefficient (Wildman–Crippen LogP) is 3.15. The molecule has 2 aromatic rings. The van der Waals surface area contributed by atoms with Crippen molar-refractivity contribution in [2.75, 3.05) is 11.4 Å². The molecule has 0 atom stereocenters. The molecule has 1 N–H and O–H groups in total. The second kappa shape index (κ2) is 5.57. The fraction of sp³-hybridized carbons (Fsp3) is 0.438. The van der Waals surface area contributed by atoms with E-state index in [-0.39, 0.29) is 6.10 Å². The smallest absolute Gasteiger partial charge is 0.125 e. The van der Waals surface area contributed by atoms with Gasteiger partial charge in [-0.25, -0.2) is 4.98 Å². The van der Waals surface area contributed by atoms with Gasteiger partial charge in [0.1, 0.15) is 11.6 Å². The van der Waals surface area contributed by atoms with Gasteiger partial charge in [0.25, 0.3) is 0 Å². The van der Waals surface area contributed by atoms with Crippen LogP contribution in [0.1, 0.15) is 31.7 Å². The first-order valence-electron chi connectivity index (χ1n) is 7.25. The number of aromatic amines is 1. The number of rotatable bonds is 4. The molecule has 0 aliphatic carbocycles. The number of hydrogen-bond donors (Lipinski definition) is 1. The second-order valence-corrected chi connectivity index (χ2v) is 5.52. The van der Waals surface area contributed by atoms with E-state index in [0.717, 1.165) is 31.1 Å². The summed E-state index contributed by atoms with van der Waals surface area (Å²) in [7, 11) is 0. The lowest BCUT2D eigenvalue weighted by Gasteiger charge is -2.31. The summed E-state index contributed by atoms with van der Waals surface area (Å²) in [5.41, 5.74) is 2.68. The Labute approximate surface area is 119 Å². The van der Waals surface area contributed by atoms with Crippen molar-refractivity contribution in [3.8, 4) is 5.75 Å². The van der Waals surface area contributed by atoms with Crippen LogP contribution in [0.5, 0.6) is 5.75 Å². The number of aromatic nitrogens is 2. The van der Waals surface area contributed by atoms with Crippen LogP contribution in [0, 0.1) is 0 Å². The molecule has 1 aromatic carbocycles. The molecule has 2 heterocycles. The summed E-state index contributed by atoms with van der Waals surface area (Å²) in [6.07, 6.45) is 6.22. The third-order valence-electron chi connectivity index (χ3n) is 3.54. The fourth-order valence-electron chi connectivity index (χ4n) is 2.71. The lowest BCUT2D eigenvalue weighted by atomic mass is 10.0. The Balaban J connectivity index is 1.85. The molecule has 106 valence electrons. The maximum atomic E-state index is 5.81. The Hall–Kier alpha value is -1.97. The van der Waals surface area contributed by atoms with E-state index >= 15 is 0 Å². The topological polar surface area (TPSA) is 41.1 Å². The van der Waals surface area contributed by atoms with Crippen LogP contribution in [-0.2, 0) is 13.0 Å². The maximum absolute atomic E-state index is 5.81. The number of benzene rings is 1. The lowest BCUT2D eigenvalue weighted by Crippen LogP contribution is -2.29. The van der Waals surface area contributed by atoms with Crippen LogP contribution in [0.3, 0.4) is 0 Å². The molecule has 0 bridgehead atoms. The first-order chi connectivity index (χ1) is 9.72. The van der Waals surface area contributed by atoms with E-state index in [9.17, 15) is 0 Å². The van der Waals surface area contributed by atoms with E-state index < -0.39 is 0 Å². The van der Waals surface area contributed by atoms with Crippen LogP contribution >= 0.6 is 0 Å². The molecule has 0 saturated carbocycles. The monoisotopic (exact) mass is 271 g/mol. The standard InChI is InChI=1S/C16H21N3O/c1-12(2)20-14-6-5-13-4-3-9-19(15(13)10-14)11-16-17-7-8-18-16/h5-8,10,12H,3-4,9,11H2,1-2H3,(H,17,18). The largest absolute Gasteiger partial charge is 0.491 e. The SMILES string of the molecule is CC(C)Oc1ccc2c(c1)N(Cc1ncc[nH]1)CCC2. The number of aryl methyl sites for hydroxylation is 1. The normalized spacial score (nSPS) is 14.4. The van der Waals surface area contributed by atoms with E-state index in [0.29, 0.717) is 0 Å². The van der Waals surface area contributed by atoms with Crippen LogP contribution in [0.25, 0.3) is 0 Å². The molecule has 4 nitrogen and oxygen atoms in total. The summed E-state index contributed by atoms with van der Waals surface area (Å²) in [4.78, 5) is 9.88. The highest BCUT2D eigenvalue weighted by atomic mass is 16.5. The molecule has 3 rings (SSSR count). The minimum absolute atomic E-state index is 0.204. The molecular weight excluding hydrogens is 250 g/mol. The molecule has 1 aromatic heterocycles. The first kappa shape index (κ1) is 13.0. The molecule has 4 heteroatoms. The average Bonchev–Trinajstić information content (AvgIpc) is 2.92. The van der Waals surface area contributed by atoms with Gasteiger partial charge in [0.2, 0.25) is 0 Å². The molecule has 0 amide bonds. The molecule has 1 aliphatic heterocycles. The van der Waals surface area contributed by atoms with E-state index in [1.165, 1.54) is 17.7 Å². The van der Waals surface area contributed by atoms with Crippen LogP contribution < -0.4 is 9.64 Å². The average molecular weight is 271 g/mol. The zero-order valence-electron chi connectivity index (χ0n) is 12.1. The van der Waals surface area contributed by atoms with Crippen molar-refractivity contribution in [3.63, 3.8) is 0 Å². The van der Waals surface area contributed by atoms with Gasteiger partial charge in [0.05, 0.1) is 12.6 Å². The Morgan fingerprint density at radius 3 is 3.05 bits per heavy atom. The van der Waals surface area contributed by atoms with Crippen molar-refractivity contribution >= 4 is 5.69 Å². The molecule has 0 unspecified atom stereocenters. The summed E-state index contributed by atoms with van der Waals surface area (Å²) in [6.45, 7) is 6.00. The van der Waals surface area contributed by atoms with Gasteiger partial charge in [0, 0.05) is 30.7 Å². The quantitative estimate of drug-likeness (QED) is 0.928. The lowest BCUT2D eigenvalue weighted by molar-refractivity contribution is 0.242. The Bertz CT molecular complexity index is 563. The summed E-state index contributed by atoms with van der Waals surface area (Å²) in [5, 5.41) is 0. The second-order valence-electron chi connectivity index (χ2n) is 5.52. The van der Waals surface area contributed by atoms with E-state index in [1.54, 1.807) is 6.20 Å². The van der Waals surface area contributed by atoms with Gasteiger partial charge in [-0.05, 0) is 38.3 Å². The van der Waals surface area contributed by atoms with Crippen molar-refractivity contribution in [2.24, 2.45) is 0 Å². The minimum Gasteiger partial charge on any atom is -0.491 e.